The zero-order valence-corrected chi connectivity index (χ0v) is 9.75. The molecule has 0 amide bonds. The van der Waals surface area contributed by atoms with Gasteiger partial charge in [-0.3, -0.25) is 0 Å². The summed E-state index contributed by atoms with van der Waals surface area (Å²) in [5, 5.41) is 0. The molecule has 16 heavy (non-hydrogen) atoms. The van der Waals surface area contributed by atoms with Crippen molar-refractivity contribution < 1.29 is 0 Å². The molecule has 1 aromatic heterocycles. The summed E-state index contributed by atoms with van der Waals surface area (Å²) >= 11 is 0. The summed E-state index contributed by atoms with van der Waals surface area (Å²) in [4.78, 5) is 7.92. The lowest BCUT2D eigenvalue weighted by molar-refractivity contribution is 0.883. The average molecular weight is 215 g/mol. The van der Waals surface area contributed by atoms with Gasteiger partial charge in [0.15, 0.2) is 0 Å². The molecule has 0 aliphatic carbocycles. The predicted molar refractivity (Wildman–Crippen MR) is 67.2 cm³/mol. The molecule has 2 aromatic rings. The normalized spacial score (nSPS) is 10.6. The molecule has 2 rings (SSSR count). The number of nitrogens with two attached hydrogens (primary N) is 1. The first-order chi connectivity index (χ1) is 7.70. The smallest absolute Gasteiger partial charge is 0.137 e. The van der Waals surface area contributed by atoms with Crippen molar-refractivity contribution in [1.29, 1.82) is 0 Å². The number of nitrogen functional groups attached to an aromatic ring is 1. The summed E-state index contributed by atoms with van der Waals surface area (Å²) < 4.78 is 0. The van der Waals surface area contributed by atoms with Gasteiger partial charge in [-0.2, -0.15) is 0 Å². The molecule has 0 aliphatic heterocycles. The van der Waals surface area contributed by atoms with E-state index in [4.69, 9.17) is 5.73 Å². The molecule has 84 valence electrons. The first kappa shape index (κ1) is 10.7. The van der Waals surface area contributed by atoms with Gasteiger partial charge in [-0.1, -0.05) is 13.3 Å². The molecular formula is C13H17N3. The molecule has 3 heteroatoms. The molecule has 3 nitrogen and oxygen atoms in total. The Morgan fingerprint density at radius 2 is 1.94 bits per heavy atom. The first-order valence-electron chi connectivity index (χ1n) is 5.62. The SMILES string of the molecule is CCCc1nc(-c2ccc(N)cc2)[nH]c1C. The van der Waals surface area contributed by atoms with Crippen molar-refractivity contribution in [1.82, 2.24) is 9.97 Å². The number of aromatic nitrogens is 2. The van der Waals surface area contributed by atoms with Gasteiger partial charge >= 0.3 is 0 Å². The number of hydrogen-bond donors (Lipinski definition) is 2. The number of aromatic amines is 1. The van der Waals surface area contributed by atoms with Crippen molar-refractivity contribution in [2.24, 2.45) is 0 Å². The molecular weight excluding hydrogens is 198 g/mol. The molecule has 0 radical (unpaired) electrons. The zero-order chi connectivity index (χ0) is 11.5. The van der Waals surface area contributed by atoms with Crippen LogP contribution in [0.15, 0.2) is 24.3 Å². The molecule has 0 atom stereocenters. The Balaban J connectivity index is 2.33. The van der Waals surface area contributed by atoms with Crippen LogP contribution in [0.4, 0.5) is 5.69 Å². The number of benzene rings is 1. The maximum atomic E-state index is 5.66. The Kier molecular flexibility index (Phi) is 2.95. The van der Waals surface area contributed by atoms with E-state index in [1.165, 1.54) is 0 Å². The standard InChI is InChI=1S/C13H17N3/c1-3-4-12-9(2)15-13(16-12)10-5-7-11(14)8-6-10/h5-8H,3-4,14H2,1-2H3,(H,15,16). The van der Waals surface area contributed by atoms with Gasteiger partial charge < -0.3 is 10.7 Å². The van der Waals surface area contributed by atoms with Gasteiger partial charge in [-0.15, -0.1) is 0 Å². The minimum absolute atomic E-state index is 0.779. The van der Waals surface area contributed by atoms with E-state index in [2.05, 4.69) is 23.8 Å². The second kappa shape index (κ2) is 4.39. The highest BCUT2D eigenvalue weighted by molar-refractivity contribution is 5.59. The van der Waals surface area contributed by atoms with Crippen LogP contribution in [0.5, 0.6) is 0 Å². The van der Waals surface area contributed by atoms with Crippen LogP contribution < -0.4 is 5.73 Å². The number of nitrogens with zero attached hydrogens (tertiary/aromatic N) is 1. The molecule has 1 aromatic carbocycles. The molecule has 3 N–H and O–H groups in total. The van der Waals surface area contributed by atoms with Gasteiger partial charge in [0, 0.05) is 16.9 Å². The van der Waals surface area contributed by atoms with Crippen molar-refractivity contribution in [3.8, 4) is 11.4 Å². The van der Waals surface area contributed by atoms with Crippen LogP contribution in [0.3, 0.4) is 0 Å². The number of imidazole rings is 1. The fourth-order valence-electron chi connectivity index (χ4n) is 1.75. The van der Waals surface area contributed by atoms with Crippen LogP contribution in [0.2, 0.25) is 0 Å². The molecule has 0 bridgehead atoms. The van der Waals surface area contributed by atoms with E-state index in [1.54, 1.807) is 0 Å². The van der Waals surface area contributed by atoms with Gasteiger partial charge in [0.25, 0.3) is 0 Å². The first-order valence-corrected chi connectivity index (χ1v) is 5.62. The predicted octanol–water partition coefficient (Wildman–Crippen LogP) is 2.92. The van der Waals surface area contributed by atoms with Gasteiger partial charge in [0.2, 0.25) is 0 Å². The third-order valence-corrected chi connectivity index (χ3v) is 2.66. The second-order valence-electron chi connectivity index (χ2n) is 4.03. The van der Waals surface area contributed by atoms with Gasteiger partial charge in [-0.05, 0) is 37.6 Å². The van der Waals surface area contributed by atoms with E-state index in [0.717, 1.165) is 41.3 Å². The quantitative estimate of drug-likeness (QED) is 0.773. The zero-order valence-electron chi connectivity index (χ0n) is 9.75. The lowest BCUT2D eigenvalue weighted by atomic mass is 10.2. The number of nitrogens with one attached hydrogen (secondary N) is 1. The van der Waals surface area contributed by atoms with Gasteiger partial charge in [0.1, 0.15) is 5.82 Å². The number of hydrogen-bond acceptors (Lipinski definition) is 2. The Bertz CT molecular complexity index is 468. The minimum Gasteiger partial charge on any atom is -0.399 e. The van der Waals surface area contributed by atoms with E-state index in [1.807, 2.05) is 24.3 Å². The maximum absolute atomic E-state index is 5.66. The van der Waals surface area contributed by atoms with Crippen molar-refractivity contribution >= 4 is 5.69 Å². The van der Waals surface area contributed by atoms with E-state index < -0.39 is 0 Å². The Morgan fingerprint density at radius 1 is 1.25 bits per heavy atom. The van der Waals surface area contributed by atoms with Crippen LogP contribution in [0, 0.1) is 6.92 Å². The van der Waals surface area contributed by atoms with Crippen molar-refractivity contribution in [3.63, 3.8) is 0 Å². The fraction of sp³-hybridized carbons (Fsp3) is 0.308. The average Bonchev–Trinajstić information content (AvgIpc) is 2.62. The summed E-state index contributed by atoms with van der Waals surface area (Å²) in [5.74, 6) is 0.931. The van der Waals surface area contributed by atoms with Crippen LogP contribution in [-0.2, 0) is 6.42 Å². The summed E-state index contributed by atoms with van der Waals surface area (Å²) in [6.45, 7) is 4.23. The van der Waals surface area contributed by atoms with Crippen LogP contribution in [0.1, 0.15) is 24.7 Å². The van der Waals surface area contributed by atoms with E-state index in [0.29, 0.717) is 0 Å². The highest BCUT2D eigenvalue weighted by Crippen LogP contribution is 2.19. The lowest BCUT2D eigenvalue weighted by Gasteiger charge is -1.97. The van der Waals surface area contributed by atoms with Crippen LogP contribution >= 0.6 is 0 Å². The summed E-state index contributed by atoms with van der Waals surface area (Å²) in [6, 6.07) is 7.77. The molecule has 0 saturated carbocycles. The lowest BCUT2D eigenvalue weighted by Crippen LogP contribution is -1.86. The maximum Gasteiger partial charge on any atom is 0.137 e. The van der Waals surface area contributed by atoms with Crippen molar-refractivity contribution in [2.75, 3.05) is 5.73 Å². The number of rotatable bonds is 3. The monoisotopic (exact) mass is 215 g/mol. The molecule has 0 fully saturated rings. The number of anilines is 1. The third kappa shape index (κ3) is 2.08. The number of H-pyrrole nitrogens is 1. The van der Waals surface area contributed by atoms with Crippen LogP contribution in [0.25, 0.3) is 11.4 Å². The molecule has 1 heterocycles. The Hall–Kier alpha value is -1.77. The van der Waals surface area contributed by atoms with Crippen LogP contribution in [-0.4, -0.2) is 9.97 Å². The van der Waals surface area contributed by atoms with Crippen molar-refractivity contribution in [2.45, 2.75) is 26.7 Å². The Morgan fingerprint density at radius 3 is 2.56 bits per heavy atom. The molecule has 0 spiro atoms. The van der Waals surface area contributed by atoms with E-state index in [9.17, 15) is 0 Å². The van der Waals surface area contributed by atoms with E-state index >= 15 is 0 Å². The molecule has 0 aliphatic rings. The summed E-state index contributed by atoms with van der Waals surface area (Å²) in [5.41, 5.74) is 9.84. The topological polar surface area (TPSA) is 54.7 Å². The van der Waals surface area contributed by atoms with Gasteiger partial charge in [-0.25, -0.2) is 4.98 Å². The highest BCUT2D eigenvalue weighted by Gasteiger charge is 2.07. The summed E-state index contributed by atoms with van der Waals surface area (Å²) in [7, 11) is 0. The molecule has 0 unspecified atom stereocenters. The summed E-state index contributed by atoms with van der Waals surface area (Å²) in [6.07, 6.45) is 2.14. The second-order valence-corrected chi connectivity index (χ2v) is 4.03. The van der Waals surface area contributed by atoms with E-state index in [-0.39, 0.29) is 0 Å². The third-order valence-electron chi connectivity index (χ3n) is 2.66. The Labute approximate surface area is 95.7 Å². The van der Waals surface area contributed by atoms with Crippen molar-refractivity contribution in [3.05, 3.63) is 35.7 Å². The minimum atomic E-state index is 0.779. The largest absolute Gasteiger partial charge is 0.399 e. The number of aryl methyl sites for hydroxylation is 2. The fourth-order valence-corrected chi connectivity index (χ4v) is 1.75. The van der Waals surface area contributed by atoms with Gasteiger partial charge in [0.05, 0.1) is 5.69 Å². The highest BCUT2D eigenvalue weighted by atomic mass is 14.9. The molecule has 0 saturated heterocycles.